The fourth-order valence-electron chi connectivity index (χ4n) is 3.38. The highest BCUT2D eigenvalue weighted by Gasteiger charge is 2.20. The van der Waals surface area contributed by atoms with Crippen LogP contribution in [0.1, 0.15) is 35.3 Å². The van der Waals surface area contributed by atoms with Crippen molar-refractivity contribution in [1.82, 2.24) is 20.5 Å². The van der Waals surface area contributed by atoms with Gasteiger partial charge in [-0.05, 0) is 56.1 Å². The van der Waals surface area contributed by atoms with Crippen LogP contribution in [0, 0.1) is 5.92 Å². The molecular formula is C20H31N5S2. The number of aliphatic imine (C=N–C) groups is 1. The summed E-state index contributed by atoms with van der Waals surface area (Å²) in [5.41, 5.74) is 1.24. The lowest BCUT2D eigenvalue weighted by Crippen LogP contribution is -2.43. The molecule has 3 rings (SSSR count). The third-order valence-electron chi connectivity index (χ3n) is 5.02. The first-order valence-corrected chi connectivity index (χ1v) is 11.6. The lowest BCUT2D eigenvalue weighted by molar-refractivity contribution is 0.176. The molecule has 0 radical (unpaired) electrons. The number of rotatable bonds is 8. The maximum atomic E-state index is 4.70. The molecule has 1 aliphatic rings. The average molecular weight is 406 g/mol. The molecule has 2 N–H and O–H groups in total. The lowest BCUT2D eigenvalue weighted by Gasteiger charge is -2.31. The summed E-state index contributed by atoms with van der Waals surface area (Å²) in [6, 6.07) is 4.29. The van der Waals surface area contributed by atoms with Gasteiger partial charge >= 0.3 is 0 Å². The second-order valence-electron chi connectivity index (χ2n) is 7.01. The van der Waals surface area contributed by atoms with E-state index in [1.807, 2.05) is 18.4 Å². The van der Waals surface area contributed by atoms with Crippen LogP contribution >= 0.6 is 22.7 Å². The second-order valence-corrected chi connectivity index (χ2v) is 8.99. The zero-order chi connectivity index (χ0) is 18.9. The Balaban J connectivity index is 1.32. The summed E-state index contributed by atoms with van der Waals surface area (Å²) >= 11 is 3.60. The van der Waals surface area contributed by atoms with Crippen LogP contribution < -0.4 is 10.6 Å². The third kappa shape index (κ3) is 6.59. The predicted octanol–water partition coefficient (Wildman–Crippen LogP) is 3.39. The van der Waals surface area contributed by atoms with Crippen LogP contribution in [0.3, 0.4) is 0 Å². The molecule has 1 aliphatic heterocycles. The van der Waals surface area contributed by atoms with Crippen molar-refractivity contribution >= 4 is 28.6 Å². The van der Waals surface area contributed by atoms with Crippen molar-refractivity contribution in [3.8, 4) is 0 Å². The van der Waals surface area contributed by atoms with Crippen molar-refractivity contribution in [2.24, 2.45) is 10.9 Å². The largest absolute Gasteiger partial charge is 0.356 e. The monoisotopic (exact) mass is 405 g/mol. The van der Waals surface area contributed by atoms with Crippen molar-refractivity contribution in [1.29, 1.82) is 0 Å². The molecule has 2 aromatic rings. The molecule has 0 bridgehead atoms. The first kappa shape index (κ1) is 20.3. The number of thiazole rings is 1. The molecule has 148 valence electrons. The van der Waals surface area contributed by atoms with Gasteiger partial charge in [-0.2, -0.15) is 0 Å². The number of hydrogen-bond acceptors (Lipinski definition) is 5. The van der Waals surface area contributed by atoms with Gasteiger partial charge in [0.15, 0.2) is 5.96 Å². The normalized spacial score (nSPS) is 16.6. The Hall–Kier alpha value is -1.44. The van der Waals surface area contributed by atoms with E-state index in [0.717, 1.165) is 57.4 Å². The van der Waals surface area contributed by atoms with Crippen LogP contribution in [-0.4, -0.2) is 49.1 Å². The van der Waals surface area contributed by atoms with E-state index in [0.29, 0.717) is 0 Å². The number of piperidine rings is 1. The second kappa shape index (κ2) is 10.8. The van der Waals surface area contributed by atoms with Crippen LogP contribution in [0.4, 0.5) is 0 Å². The standard InChI is InChI=1S/C20H31N5S2/c1-3-19-24-17(15-27-19)14-25-10-7-16(8-11-25)13-23-20(21-2)22-9-6-18-5-4-12-26-18/h4-5,12,15-16H,3,6-11,13-14H2,1-2H3,(H2,21,22,23). The Morgan fingerprint density at radius 2 is 2.15 bits per heavy atom. The molecule has 27 heavy (non-hydrogen) atoms. The van der Waals surface area contributed by atoms with Crippen molar-refractivity contribution in [3.05, 3.63) is 38.5 Å². The first-order valence-electron chi connectivity index (χ1n) is 9.89. The van der Waals surface area contributed by atoms with E-state index in [-0.39, 0.29) is 0 Å². The zero-order valence-corrected chi connectivity index (χ0v) is 18.0. The van der Waals surface area contributed by atoms with Gasteiger partial charge in [-0.3, -0.25) is 9.89 Å². The van der Waals surface area contributed by atoms with Crippen molar-refractivity contribution < 1.29 is 0 Å². The Morgan fingerprint density at radius 1 is 1.30 bits per heavy atom. The molecule has 0 aromatic carbocycles. The van der Waals surface area contributed by atoms with E-state index >= 15 is 0 Å². The topological polar surface area (TPSA) is 52.6 Å². The van der Waals surface area contributed by atoms with Gasteiger partial charge in [0, 0.05) is 36.9 Å². The zero-order valence-electron chi connectivity index (χ0n) is 16.4. The van der Waals surface area contributed by atoms with Crippen molar-refractivity contribution in [2.45, 2.75) is 39.2 Å². The van der Waals surface area contributed by atoms with Gasteiger partial charge < -0.3 is 10.6 Å². The van der Waals surface area contributed by atoms with Gasteiger partial charge in [0.25, 0.3) is 0 Å². The van der Waals surface area contributed by atoms with Crippen LogP contribution in [0.2, 0.25) is 0 Å². The molecule has 2 aromatic heterocycles. The molecule has 0 amide bonds. The summed E-state index contributed by atoms with van der Waals surface area (Å²) in [7, 11) is 1.85. The molecule has 3 heterocycles. The maximum absolute atomic E-state index is 4.70. The molecule has 0 aliphatic carbocycles. The van der Waals surface area contributed by atoms with Gasteiger partial charge in [0.1, 0.15) is 0 Å². The van der Waals surface area contributed by atoms with Gasteiger partial charge in [0.05, 0.1) is 10.7 Å². The first-order chi connectivity index (χ1) is 13.3. The minimum atomic E-state index is 0.721. The highest BCUT2D eigenvalue weighted by molar-refractivity contribution is 7.10. The Morgan fingerprint density at radius 3 is 2.81 bits per heavy atom. The maximum Gasteiger partial charge on any atom is 0.190 e. The highest BCUT2D eigenvalue weighted by atomic mass is 32.1. The number of nitrogens with one attached hydrogen (secondary N) is 2. The van der Waals surface area contributed by atoms with Crippen LogP contribution in [0.5, 0.6) is 0 Å². The van der Waals surface area contributed by atoms with Crippen molar-refractivity contribution in [3.63, 3.8) is 0 Å². The van der Waals surface area contributed by atoms with Crippen LogP contribution in [0.25, 0.3) is 0 Å². The fraction of sp³-hybridized carbons (Fsp3) is 0.600. The van der Waals surface area contributed by atoms with E-state index in [9.17, 15) is 0 Å². The average Bonchev–Trinajstić information content (AvgIpc) is 3.37. The van der Waals surface area contributed by atoms with E-state index in [4.69, 9.17) is 4.98 Å². The minimum Gasteiger partial charge on any atom is -0.356 e. The van der Waals surface area contributed by atoms with Crippen LogP contribution in [0.15, 0.2) is 27.9 Å². The smallest absolute Gasteiger partial charge is 0.190 e. The third-order valence-corrected chi connectivity index (χ3v) is 7.00. The lowest BCUT2D eigenvalue weighted by atomic mass is 9.97. The number of hydrogen-bond donors (Lipinski definition) is 2. The molecular weight excluding hydrogens is 374 g/mol. The quantitative estimate of drug-likeness (QED) is 0.522. The summed E-state index contributed by atoms with van der Waals surface area (Å²) in [4.78, 5) is 13.0. The summed E-state index contributed by atoms with van der Waals surface area (Å²) in [5.74, 6) is 1.64. The fourth-order valence-corrected chi connectivity index (χ4v) is 4.83. The van der Waals surface area contributed by atoms with E-state index < -0.39 is 0 Å². The summed E-state index contributed by atoms with van der Waals surface area (Å²) in [5, 5.41) is 12.5. The Kier molecular flexibility index (Phi) is 8.10. The Bertz CT molecular complexity index is 687. The van der Waals surface area contributed by atoms with Gasteiger partial charge in [-0.25, -0.2) is 4.98 Å². The predicted molar refractivity (Wildman–Crippen MR) is 117 cm³/mol. The molecule has 0 spiro atoms. The number of aryl methyl sites for hydroxylation is 1. The van der Waals surface area contributed by atoms with Crippen LogP contribution in [-0.2, 0) is 19.4 Å². The summed E-state index contributed by atoms with van der Waals surface area (Å²) < 4.78 is 0. The van der Waals surface area contributed by atoms with E-state index in [1.165, 1.54) is 28.4 Å². The molecule has 0 atom stereocenters. The number of likely N-dealkylation sites (tertiary alicyclic amines) is 1. The molecule has 7 heteroatoms. The SMILES string of the molecule is CCc1nc(CN2CCC(CNC(=NC)NCCc3cccs3)CC2)cs1. The Labute approximate surface area is 170 Å². The summed E-state index contributed by atoms with van der Waals surface area (Å²) in [6.07, 6.45) is 4.57. The van der Waals surface area contributed by atoms with Crippen molar-refractivity contribution in [2.75, 3.05) is 33.2 Å². The number of thiophene rings is 1. The molecule has 1 saturated heterocycles. The number of aromatic nitrogens is 1. The van der Waals surface area contributed by atoms with E-state index in [1.54, 1.807) is 11.3 Å². The highest BCUT2D eigenvalue weighted by Crippen LogP contribution is 2.19. The minimum absolute atomic E-state index is 0.721. The summed E-state index contributed by atoms with van der Waals surface area (Å²) in [6.45, 7) is 7.43. The number of guanidine groups is 1. The van der Waals surface area contributed by atoms with Gasteiger partial charge in [0.2, 0.25) is 0 Å². The van der Waals surface area contributed by atoms with Gasteiger partial charge in [-0.15, -0.1) is 22.7 Å². The van der Waals surface area contributed by atoms with Gasteiger partial charge in [-0.1, -0.05) is 13.0 Å². The number of nitrogens with zero attached hydrogens (tertiary/aromatic N) is 3. The molecule has 0 saturated carbocycles. The van der Waals surface area contributed by atoms with E-state index in [2.05, 4.69) is 50.3 Å². The molecule has 5 nitrogen and oxygen atoms in total. The molecule has 0 unspecified atom stereocenters. The molecule has 1 fully saturated rings.